The van der Waals surface area contributed by atoms with Gasteiger partial charge in [-0.05, 0) is 38.0 Å². The van der Waals surface area contributed by atoms with Crippen LogP contribution in [0.4, 0.5) is 4.79 Å². The molecule has 0 saturated carbocycles. The van der Waals surface area contributed by atoms with Gasteiger partial charge in [0.05, 0.1) is 0 Å². The Morgan fingerprint density at radius 3 is 2.55 bits per heavy atom. The van der Waals surface area contributed by atoms with E-state index in [1.807, 2.05) is 45.0 Å². The third kappa shape index (κ3) is 7.29. The predicted molar refractivity (Wildman–Crippen MR) is 109 cm³/mol. The van der Waals surface area contributed by atoms with E-state index in [1.54, 1.807) is 24.3 Å². The highest BCUT2D eigenvalue weighted by Gasteiger charge is 2.17. The Morgan fingerprint density at radius 2 is 1.83 bits per heavy atom. The minimum absolute atomic E-state index is 0.0669. The molecule has 7 heteroatoms. The number of hydrogen-bond acceptors (Lipinski definition) is 5. The third-order valence-corrected chi connectivity index (χ3v) is 4.16. The minimum atomic E-state index is -0.711. The third-order valence-electron chi connectivity index (χ3n) is 4.16. The molecule has 0 unspecified atom stereocenters. The number of amides is 3. The number of aryl methyl sites for hydroxylation is 1. The van der Waals surface area contributed by atoms with Gasteiger partial charge in [-0.3, -0.25) is 10.1 Å². The first-order chi connectivity index (χ1) is 13.9. The summed E-state index contributed by atoms with van der Waals surface area (Å²) in [4.78, 5) is 35.8. The van der Waals surface area contributed by atoms with Crippen LogP contribution in [0.3, 0.4) is 0 Å². The molecule has 7 nitrogen and oxygen atoms in total. The van der Waals surface area contributed by atoms with E-state index in [4.69, 9.17) is 9.47 Å². The zero-order chi connectivity index (χ0) is 21.2. The number of carbonyl (C=O) groups excluding carboxylic acids is 3. The average molecular weight is 398 g/mol. The van der Waals surface area contributed by atoms with Crippen LogP contribution in [0.2, 0.25) is 0 Å². The molecule has 0 aromatic heterocycles. The second-order valence-electron chi connectivity index (χ2n) is 6.68. The lowest BCUT2D eigenvalue weighted by atomic mass is 10.1. The molecule has 154 valence electrons. The fourth-order valence-corrected chi connectivity index (χ4v) is 2.46. The fraction of sp³-hybridized carbons (Fsp3) is 0.318. The molecule has 2 N–H and O–H groups in total. The van der Waals surface area contributed by atoms with Crippen molar-refractivity contribution >= 4 is 17.9 Å². The summed E-state index contributed by atoms with van der Waals surface area (Å²) in [6.45, 7) is 5.44. The van der Waals surface area contributed by atoms with Crippen molar-refractivity contribution in [2.75, 3.05) is 6.61 Å². The predicted octanol–water partition coefficient (Wildman–Crippen LogP) is 3.36. The van der Waals surface area contributed by atoms with Crippen LogP contribution in [0.25, 0.3) is 0 Å². The summed E-state index contributed by atoms with van der Waals surface area (Å²) in [7, 11) is 0. The van der Waals surface area contributed by atoms with Gasteiger partial charge in [0.2, 0.25) is 0 Å². The van der Waals surface area contributed by atoms with Crippen LogP contribution in [0.5, 0.6) is 5.75 Å². The Balaban J connectivity index is 1.90. The molecule has 0 heterocycles. The number of hydrogen-bond donors (Lipinski definition) is 2. The van der Waals surface area contributed by atoms with Gasteiger partial charge in [-0.2, -0.15) is 0 Å². The molecule has 0 spiro atoms. The van der Waals surface area contributed by atoms with Crippen LogP contribution >= 0.6 is 0 Å². The minimum Gasteiger partial charge on any atom is -0.488 e. The Morgan fingerprint density at radius 1 is 1.07 bits per heavy atom. The maximum atomic E-state index is 12.4. The van der Waals surface area contributed by atoms with Crippen molar-refractivity contribution in [2.24, 2.45) is 0 Å². The molecule has 1 atom stereocenters. The van der Waals surface area contributed by atoms with E-state index >= 15 is 0 Å². The molecule has 0 fully saturated rings. The number of imide groups is 1. The molecule has 2 aromatic carbocycles. The largest absolute Gasteiger partial charge is 0.488 e. The van der Waals surface area contributed by atoms with Crippen molar-refractivity contribution in [2.45, 2.75) is 39.8 Å². The topological polar surface area (TPSA) is 93.7 Å². The highest BCUT2D eigenvalue weighted by atomic mass is 16.5. The molecule has 29 heavy (non-hydrogen) atoms. The van der Waals surface area contributed by atoms with Crippen molar-refractivity contribution in [1.29, 1.82) is 0 Å². The number of nitrogens with one attached hydrogen (secondary N) is 2. The number of urea groups is 1. The number of esters is 1. The number of para-hydroxylation sites is 1. The van der Waals surface area contributed by atoms with Crippen molar-refractivity contribution in [3.05, 3.63) is 65.2 Å². The molecular weight excluding hydrogens is 372 g/mol. The Kier molecular flexibility index (Phi) is 8.21. The van der Waals surface area contributed by atoms with Gasteiger partial charge in [0.15, 0.2) is 6.61 Å². The van der Waals surface area contributed by atoms with Gasteiger partial charge in [-0.1, -0.05) is 48.9 Å². The molecule has 3 amide bonds. The first kappa shape index (κ1) is 21.9. The summed E-state index contributed by atoms with van der Waals surface area (Å²) in [6, 6.07) is 13.8. The molecule has 0 aliphatic carbocycles. The quantitative estimate of drug-likeness (QED) is 0.665. The van der Waals surface area contributed by atoms with E-state index in [2.05, 4.69) is 10.6 Å². The number of carbonyl (C=O) groups is 3. The van der Waals surface area contributed by atoms with E-state index in [-0.39, 0.29) is 11.6 Å². The highest BCUT2D eigenvalue weighted by molar-refractivity contribution is 5.97. The van der Waals surface area contributed by atoms with Gasteiger partial charge in [0.1, 0.15) is 17.9 Å². The highest BCUT2D eigenvalue weighted by Crippen LogP contribution is 2.20. The zero-order valence-corrected chi connectivity index (χ0v) is 16.9. The Labute approximate surface area is 170 Å². The van der Waals surface area contributed by atoms with Crippen LogP contribution < -0.4 is 15.4 Å². The van der Waals surface area contributed by atoms with E-state index in [0.717, 1.165) is 17.5 Å². The maximum absolute atomic E-state index is 12.4. The summed E-state index contributed by atoms with van der Waals surface area (Å²) in [5.74, 6) is -1.06. The molecule has 0 bridgehead atoms. The zero-order valence-electron chi connectivity index (χ0n) is 16.9. The molecule has 2 rings (SSSR count). The second kappa shape index (κ2) is 10.8. The molecule has 0 aliphatic heterocycles. The number of rotatable bonds is 8. The SMILES string of the molecule is CC[C@@H](C)NC(=O)NC(=O)COC(=O)c1ccccc1OCc1cccc(C)c1. The molecule has 0 saturated heterocycles. The van der Waals surface area contributed by atoms with Crippen molar-refractivity contribution in [1.82, 2.24) is 10.6 Å². The van der Waals surface area contributed by atoms with Crippen molar-refractivity contribution in [3.8, 4) is 5.75 Å². The summed E-state index contributed by atoms with van der Waals surface area (Å²) >= 11 is 0. The van der Waals surface area contributed by atoms with Crippen molar-refractivity contribution < 1.29 is 23.9 Å². The summed E-state index contributed by atoms with van der Waals surface area (Å²) < 4.78 is 10.8. The van der Waals surface area contributed by atoms with E-state index in [0.29, 0.717) is 12.4 Å². The van der Waals surface area contributed by atoms with Crippen molar-refractivity contribution in [3.63, 3.8) is 0 Å². The van der Waals surface area contributed by atoms with Crippen LogP contribution in [-0.2, 0) is 16.1 Å². The van der Waals surface area contributed by atoms with E-state index in [9.17, 15) is 14.4 Å². The molecule has 0 radical (unpaired) electrons. The fourth-order valence-electron chi connectivity index (χ4n) is 2.46. The lowest BCUT2D eigenvalue weighted by Gasteiger charge is -2.13. The number of benzene rings is 2. The lowest BCUT2D eigenvalue weighted by molar-refractivity contribution is -0.123. The Bertz CT molecular complexity index is 866. The Hall–Kier alpha value is -3.35. The smallest absolute Gasteiger partial charge is 0.342 e. The normalized spacial score (nSPS) is 11.3. The summed E-state index contributed by atoms with van der Waals surface area (Å²) in [6.07, 6.45) is 0.732. The van der Waals surface area contributed by atoms with Gasteiger partial charge >= 0.3 is 12.0 Å². The van der Waals surface area contributed by atoms with Gasteiger partial charge < -0.3 is 14.8 Å². The van der Waals surface area contributed by atoms with Gasteiger partial charge in [-0.25, -0.2) is 9.59 Å². The first-order valence-electron chi connectivity index (χ1n) is 9.44. The lowest BCUT2D eigenvalue weighted by Crippen LogP contribution is -2.44. The summed E-state index contributed by atoms with van der Waals surface area (Å²) in [5, 5.41) is 4.71. The van der Waals surface area contributed by atoms with Gasteiger partial charge in [0, 0.05) is 6.04 Å². The summed E-state index contributed by atoms with van der Waals surface area (Å²) in [5.41, 5.74) is 2.29. The number of ether oxygens (including phenoxy) is 2. The molecular formula is C22H26N2O5. The second-order valence-corrected chi connectivity index (χ2v) is 6.68. The molecule has 0 aliphatic rings. The monoisotopic (exact) mass is 398 g/mol. The van der Waals surface area contributed by atoms with E-state index < -0.39 is 24.5 Å². The van der Waals surface area contributed by atoms with Crippen LogP contribution in [0.15, 0.2) is 48.5 Å². The van der Waals surface area contributed by atoms with Gasteiger partial charge in [0.25, 0.3) is 5.91 Å². The standard InChI is InChI=1S/C22H26N2O5/c1-4-16(3)23-22(27)24-20(25)14-29-21(26)18-10-5-6-11-19(18)28-13-17-9-7-8-15(2)12-17/h5-12,16H,4,13-14H2,1-3H3,(H2,23,24,25,27)/t16-/m1/s1. The molecule has 2 aromatic rings. The van der Waals surface area contributed by atoms with E-state index in [1.165, 1.54) is 0 Å². The van der Waals surface area contributed by atoms with Crippen LogP contribution in [-0.4, -0.2) is 30.6 Å². The first-order valence-corrected chi connectivity index (χ1v) is 9.44. The van der Waals surface area contributed by atoms with Crippen LogP contribution in [0, 0.1) is 6.92 Å². The van der Waals surface area contributed by atoms with Gasteiger partial charge in [-0.15, -0.1) is 0 Å². The van der Waals surface area contributed by atoms with Crippen LogP contribution in [0.1, 0.15) is 41.8 Å². The maximum Gasteiger partial charge on any atom is 0.342 e. The average Bonchev–Trinajstić information content (AvgIpc) is 2.70.